The largest absolute Gasteiger partial charge is 0.324 e. The molecule has 0 aliphatic heterocycles. The van der Waals surface area contributed by atoms with Crippen LogP contribution < -0.4 is 5.32 Å². The van der Waals surface area contributed by atoms with Crippen molar-refractivity contribution < 1.29 is 18.4 Å². The fourth-order valence-corrected chi connectivity index (χ4v) is 2.29. The lowest BCUT2D eigenvalue weighted by Crippen LogP contribution is -2.14. The molecule has 1 heterocycles. The summed E-state index contributed by atoms with van der Waals surface area (Å²) in [5.74, 6) is -2.03. The highest BCUT2D eigenvalue weighted by atomic mass is 32.1. The van der Waals surface area contributed by atoms with E-state index in [0.717, 1.165) is 18.2 Å². The number of carbonyl (C=O) groups is 2. The van der Waals surface area contributed by atoms with Crippen molar-refractivity contribution in [3.63, 3.8) is 0 Å². The van der Waals surface area contributed by atoms with E-state index in [1.165, 1.54) is 11.3 Å². The van der Waals surface area contributed by atoms with E-state index in [4.69, 9.17) is 0 Å². The predicted octanol–water partition coefficient (Wildman–Crippen LogP) is 3.63. The quantitative estimate of drug-likeness (QED) is 0.856. The third-order valence-electron chi connectivity index (χ3n) is 2.58. The molecule has 0 bridgehead atoms. The van der Waals surface area contributed by atoms with Crippen LogP contribution in [0.3, 0.4) is 0 Å². The van der Waals surface area contributed by atoms with E-state index in [-0.39, 0.29) is 24.3 Å². The topological polar surface area (TPSA) is 46.2 Å². The Morgan fingerprint density at radius 3 is 2.65 bits per heavy atom. The van der Waals surface area contributed by atoms with E-state index in [9.17, 15) is 18.4 Å². The summed E-state index contributed by atoms with van der Waals surface area (Å²) in [7, 11) is 0. The minimum atomic E-state index is -0.718. The fraction of sp³-hybridized carbons (Fsp3) is 0.143. The molecule has 0 atom stereocenters. The summed E-state index contributed by atoms with van der Waals surface area (Å²) in [6, 6.07) is 6.22. The van der Waals surface area contributed by atoms with Crippen LogP contribution in [0.4, 0.5) is 14.5 Å². The Hall–Kier alpha value is -2.08. The van der Waals surface area contributed by atoms with Crippen LogP contribution in [0.2, 0.25) is 0 Å². The third-order valence-corrected chi connectivity index (χ3v) is 3.49. The van der Waals surface area contributed by atoms with Gasteiger partial charge in [-0.2, -0.15) is 0 Å². The van der Waals surface area contributed by atoms with Gasteiger partial charge in [0.05, 0.1) is 10.6 Å². The molecule has 1 amide bonds. The minimum Gasteiger partial charge on any atom is -0.324 e. The number of thiophene rings is 1. The number of hydrogen-bond donors (Lipinski definition) is 1. The maximum absolute atomic E-state index is 13.3. The van der Waals surface area contributed by atoms with Crippen LogP contribution in [0.25, 0.3) is 0 Å². The molecular weight excluding hydrogens is 284 g/mol. The van der Waals surface area contributed by atoms with Crippen molar-refractivity contribution in [2.75, 3.05) is 5.32 Å². The number of rotatable bonds is 5. The molecule has 20 heavy (non-hydrogen) atoms. The molecule has 0 saturated heterocycles. The third kappa shape index (κ3) is 3.71. The monoisotopic (exact) mass is 295 g/mol. The summed E-state index contributed by atoms with van der Waals surface area (Å²) in [6.45, 7) is 0. The molecule has 3 nitrogen and oxygen atoms in total. The summed E-state index contributed by atoms with van der Waals surface area (Å²) >= 11 is 1.30. The lowest BCUT2D eigenvalue weighted by atomic mass is 10.2. The minimum absolute atomic E-state index is 0.0310. The number of anilines is 1. The first-order valence-corrected chi connectivity index (χ1v) is 6.76. The van der Waals surface area contributed by atoms with Crippen molar-refractivity contribution in [1.82, 2.24) is 0 Å². The van der Waals surface area contributed by atoms with E-state index < -0.39 is 17.5 Å². The van der Waals surface area contributed by atoms with Crippen molar-refractivity contribution in [2.45, 2.75) is 12.8 Å². The standard InChI is InChI=1S/C14H11F2NO2S/c15-9-3-4-10(16)11(8-9)17-14(19)6-5-12(18)13-2-1-7-20-13/h1-4,7-8H,5-6H2,(H,17,19). The Morgan fingerprint density at radius 2 is 1.95 bits per heavy atom. The molecule has 104 valence electrons. The molecule has 6 heteroatoms. The van der Waals surface area contributed by atoms with Gasteiger partial charge in [0.25, 0.3) is 0 Å². The number of halogens is 2. The van der Waals surface area contributed by atoms with Crippen LogP contribution in [0, 0.1) is 11.6 Å². The molecule has 1 aromatic heterocycles. The predicted molar refractivity (Wildman–Crippen MR) is 72.9 cm³/mol. The van der Waals surface area contributed by atoms with Crippen molar-refractivity contribution in [2.24, 2.45) is 0 Å². The highest BCUT2D eigenvalue weighted by molar-refractivity contribution is 7.12. The van der Waals surface area contributed by atoms with E-state index >= 15 is 0 Å². The average Bonchev–Trinajstić information content (AvgIpc) is 2.94. The number of nitrogens with one attached hydrogen (secondary N) is 1. The van der Waals surface area contributed by atoms with Crippen LogP contribution in [0.15, 0.2) is 35.7 Å². The molecule has 2 rings (SSSR count). The Morgan fingerprint density at radius 1 is 1.15 bits per heavy atom. The van der Waals surface area contributed by atoms with Gasteiger partial charge in [0.1, 0.15) is 11.6 Å². The first-order chi connectivity index (χ1) is 9.56. The average molecular weight is 295 g/mol. The second-order valence-electron chi connectivity index (χ2n) is 4.07. The molecule has 1 N–H and O–H groups in total. The van der Waals surface area contributed by atoms with Crippen LogP contribution in [-0.4, -0.2) is 11.7 Å². The zero-order valence-electron chi connectivity index (χ0n) is 10.4. The van der Waals surface area contributed by atoms with Crippen molar-refractivity contribution >= 4 is 28.7 Å². The van der Waals surface area contributed by atoms with Crippen molar-refractivity contribution in [3.05, 3.63) is 52.2 Å². The Labute approximate surface area is 118 Å². The zero-order chi connectivity index (χ0) is 14.5. The van der Waals surface area contributed by atoms with Gasteiger partial charge >= 0.3 is 0 Å². The van der Waals surface area contributed by atoms with Gasteiger partial charge < -0.3 is 5.32 Å². The summed E-state index contributed by atoms with van der Waals surface area (Å²) < 4.78 is 26.2. The van der Waals surface area contributed by atoms with Gasteiger partial charge in [-0.05, 0) is 23.6 Å². The molecule has 0 spiro atoms. The highest BCUT2D eigenvalue weighted by Crippen LogP contribution is 2.16. The lowest BCUT2D eigenvalue weighted by molar-refractivity contribution is -0.116. The SMILES string of the molecule is O=C(CCC(=O)c1cccs1)Nc1cc(F)ccc1F. The molecule has 0 aliphatic carbocycles. The van der Waals surface area contributed by atoms with Crippen LogP contribution in [0.5, 0.6) is 0 Å². The van der Waals surface area contributed by atoms with Gasteiger partial charge in [0.2, 0.25) is 5.91 Å². The fourth-order valence-electron chi connectivity index (χ4n) is 1.59. The second kappa shape index (κ2) is 6.38. The van der Waals surface area contributed by atoms with E-state index in [2.05, 4.69) is 5.32 Å². The summed E-state index contributed by atoms with van der Waals surface area (Å²) in [5.41, 5.74) is -0.224. The molecule has 0 saturated carbocycles. The van der Waals surface area contributed by atoms with Crippen LogP contribution in [0.1, 0.15) is 22.5 Å². The molecular formula is C14H11F2NO2S. The number of amides is 1. The van der Waals surface area contributed by atoms with E-state index in [1.54, 1.807) is 17.5 Å². The lowest BCUT2D eigenvalue weighted by Gasteiger charge is -2.06. The maximum Gasteiger partial charge on any atom is 0.224 e. The Bertz CT molecular complexity index is 626. The summed E-state index contributed by atoms with van der Waals surface area (Å²) in [6.07, 6.45) is -0.0457. The van der Waals surface area contributed by atoms with Gasteiger partial charge in [-0.25, -0.2) is 8.78 Å². The van der Waals surface area contributed by atoms with Crippen molar-refractivity contribution in [3.8, 4) is 0 Å². The molecule has 2 aromatic rings. The number of benzene rings is 1. The number of Topliss-reactive ketones (excluding diaryl/α,β-unsaturated/α-hetero) is 1. The smallest absolute Gasteiger partial charge is 0.224 e. The number of carbonyl (C=O) groups excluding carboxylic acids is 2. The first kappa shape index (κ1) is 14.3. The summed E-state index contributed by atoms with van der Waals surface area (Å²) in [5, 5.41) is 4.02. The van der Waals surface area contributed by atoms with Gasteiger partial charge in [-0.15, -0.1) is 11.3 Å². The van der Waals surface area contributed by atoms with Crippen molar-refractivity contribution in [1.29, 1.82) is 0 Å². The second-order valence-corrected chi connectivity index (χ2v) is 5.02. The highest BCUT2D eigenvalue weighted by Gasteiger charge is 2.12. The van der Waals surface area contributed by atoms with Gasteiger partial charge in [0.15, 0.2) is 5.78 Å². The first-order valence-electron chi connectivity index (χ1n) is 5.88. The molecule has 0 fully saturated rings. The van der Waals surface area contributed by atoms with E-state index in [0.29, 0.717) is 4.88 Å². The number of hydrogen-bond acceptors (Lipinski definition) is 3. The van der Waals surface area contributed by atoms with Gasteiger partial charge in [-0.1, -0.05) is 6.07 Å². The normalized spacial score (nSPS) is 10.3. The molecule has 1 aromatic carbocycles. The van der Waals surface area contributed by atoms with E-state index in [1.807, 2.05) is 0 Å². The number of ketones is 1. The van der Waals surface area contributed by atoms with Gasteiger partial charge in [-0.3, -0.25) is 9.59 Å². The summed E-state index contributed by atoms with van der Waals surface area (Å²) in [4.78, 5) is 23.9. The molecule has 0 unspecified atom stereocenters. The Balaban J connectivity index is 1.90. The zero-order valence-corrected chi connectivity index (χ0v) is 11.2. The van der Waals surface area contributed by atoms with Gasteiger partial charge in [0, 0.05) is 18.9 Å². The Kier molecular flexibility index (Phi) is 4.57. The molecule has 0 aliphatic rings. The van der Waals surface area contributed by atoms with Crippen LogP contribution in [-0.2, 0) is 4.79 Å². The van der Waals surface area contributed by atoms with Crippen LogP contribution >= 0.6 is 11.3 Å². The molecule has 0 radical (unpaired) electrons. The maximum atomic E-state index is 13.3.